The van der Waals surface area contributed by atoms with Crippen molar-refractivity contribution in [3.8, 4) is 11.5 Å². The largest absolute Gasteiger partial charge is 0.493 e. The maximum Gasteiger partial charge on any atom is 0.251 e. The van der Waals surface area contributed by atoms with Crippen LogP contribution in [0, 0.1) is 13.8 Å². The Morgan fingerprint density at radius 3 is 2.55 bits per heavy atom. The van der Waals surface area contributed by atoms with Gasteiger partial charge in [0, 0.05) is 23.4 Å². The maximum atomic E-state index is 12.6. The molecule has 0 fully saturated rings. The van der Waals surface area contributed by atoms with Gasteiger partial charge in [-0.2, -0.15) is 5.10 Å². The topological polar surface area (TPSA) is 65.4 Å². The van der Waals surface area contributed by atoms with Crippen LogP contribution in [0.25, 0.3) is 0 Å². The first-order valence-electron chi connectivity index (χ1n) is 9.69. The van der Waals surface area contributed by atoms with Crippen LogP contribution in [0.5, 0.6) is 11.5 Å². The summed E-state index contributed by atoms with van der Waals surface area (Å²) in [6, 6.07) is 15.4. The number of carbonyl (C=O) groups is 1. The Balaban J connectivity index is 1.70. The number of ether oxygens (including phenoxy) is 2. The van der Waals surface area contributed by atoms with Gasteiger partial charge in [-0.3, -0.25) is 9.48 Å². The fourth-order valence-corrected chi connectivity index (χ4v) is 3.25. The Kier molecular flexibility index (Phi) is 6.54. The number of nitrogens with zero attached hydrogens (tertiary/aromatic N) is 2. The van der Waals surface area contributed by atoms with Crippen LogP contribution in [-0.2, 0) is 13.1 Å². The van der Waals surface area contributed by atoms with E-state index in [9.17, 15) is 4.79 Å². The minimum atomic E-state index is -0.166. The van der Waals surface area contributed by atoms with Gasteiger partial charge >= 0.3 is 0 Å². The molecule has 0 aliphatic heterocycles. The standard InChI is InChI=1S/C23H27N3O3/c1-5-29-21-12-11-19(13-22(21)28-4)23(27)24-14-20-16(2)25-26(17(20)3)15-18-9-7-6-8-10-18/h6-13H,5,14-15H2,1-4H3,(H,24,27). The summed E-state index contributed by atoms with van der Waals surface area (Å²) in [5, 5.41) is 7.63. The molecule has 1 aromatic heterocycles. The van der Waals surface area contributed by atoms with Gasteiger partial charge in [-0.1, -0.05) is 30.3 Å². The minimum Gasteiger partial charge on any atom is -0.493 e. The Morgan fingerprint density at radius 2 is 1.86 bits per heavy atom. The molecular formula is C23H27N3O3. The minimum absolute atomic E-state index is 0.166. The molecule has 1 N–H and O–H groups in total. The maximum absolute atomic E-state index is 12.6. The van der Waals surface area contributed by atoms with Crippen LogP contribution in [0.1, 0.15) is 39.8 Å². The van der Waals surface area contributed by atoms with Crippen molar-refractivity contribution in [3.63, 3.8) is 0 Å². The molecule has 6 heteroatoms. The molecule has 6 nitrogen and oxygen atoms in total. The molecule has 3 rings (SSSR count). The molecule has 0 radical (unpaired) electrons. The Morgan fingerprint density at radius 1 is 1.10 bits per heavy atom. The summed E-state index contributed by atoms with van der Waals surface area (Å²) in [4.78, 5) is 12.6. The first-order valence-corrected chi connectivity index (χ1v) is 9.69. The lowest BCUT2D eigenvalue weighted by atomic mass is 10.1. The third-order valence-corrected chi connectivity index (χ3v) is 4.86. The fraction of sp³-hybridized carbons (Fsp3) is 0.304. The number of rotatable bonds is 8. The number of amides is 1. The number of nitrogens with one attached hydrogen (secondary N) is 1. The average Bonchev–Trinajstić information content (AvgIpc) is 3.00. The van der Waals surface area contributed by atoms with Crippen molar-refractivity contribution in [2.75, 3.05) is 13.7 Å². The predicted molar refractivity (Wildman–Crippen MR) is 113 cm³/mol. The van der Waals surface area contributed by atoms with Crippen LogP contribution in [0.4, 0.5) is 0 Å². The van der Waals surface area contributed by atoms with Gasteiger partial charge in [0.05, 0.1) is 26.0 Å². The zero-order valence-corrected chi connectivity index (χ0v) is 17.4. The number of carbonyl (C=O) groups excluding carboxylic acids is 1. The van der Waals surface area contributed by atoms with Crippen LogP contribution in [0.3, 0.4) is 0 Å². The third kappa shape index (κ3) is 4.77. The van der Waals surface area contributed by atoms with E-state index in [2.05, 4.69) is 22.5 Å². The third-order valence-electron chi connectivity index (χ3n) is 4.86. The molecule has 0 aliphatic carbocycles. The molecule has 152 valence electrons. The summed E-state index contributed by atoms with van der Waals surface area (Å²) in [5.41, 5.74) is 4.72. The molecule has 0 unspecified atom stereocenters. The van der Waals surface area contributed by atoms with Crippen molar-refractivity contribution in [2.24, 2.45) is 0 Å². The van der Waals surface area contributed by atoms with E-state index < -0.39 is 0 Å². The molecule has 0 bridgehead atoms. The average molecular weight is 393 g/mol. The number of hydrogen-bond donors (Lipinski definition) is 1. The number of aryl methyl sites for hydroxylation is 1. The molecule has 2 aromatic carbocycles. The van der Waals surface area contributed by atoms with E-state index in [1.165, 1.54) is 5.56 Å². The Bertz CT molecular complexity index is 981. The van der Waals surface area contributed by atoms with Crippen molar-refractivity contribution in [3.05, 3.63) is 76.6 Å². The van der Waals surface area contributed by atoms with Crippen LogP contribution in [-0.4, -0.2) is 29.4 Å². The first kappa shape index (κ1) is 20.5. The molecule has 0 atom stereocenters. The van der Waals surface area contributed by atoms with Crippen molar-refractivity contribution in [1.82, 2.24) is 15.1 Å². The molecule has 1 amide bonds. The first-order chi connectivity index (χ1) is 14.0. The van der Waals surface area contributed by atoms with Gasteiger partial charge in [-0.25, -0.2) is 0 Å². The quantitative estimate of drug-likeness (QED) is 0.631. The second-order valence-electron chi connectivity index (χ2n) is 6.77. The summed E-state index contributed by atoms with van der Waals surface area (Å²) in [6.45, 7) is 7.56. The van der Waals surface area contributed by atoms with E-state index in [-0.39, 0.29) is 5.91 Å². The van der Waals surface area contributed by atoms with E-state index in [4.69, 9.17) is 9.47 Å². The zero-order valence-electron chi connectivity index (χ0n) is 17.4. The molecule has 0 saturated carbocycles. The van der Waals surface area contributed by atoms with Crippen LogP contribution >= 0.6 is 0 Å². The number of benzene rings is 2. The summed E-state index contributed by atoms with van der Waals surface area (Å²) in [7, 11) is 1.56. The number of methoxy groups -OCH3 is 1. The van der Waals surface area contributed by atoms with E-state index in [0.29, 0.717) is 36.8 Å². The lowest BCUT2D eigenvalue weighted by Gasteiger charge is -2.11. The zero-order chi connectivity index (χ0) is 20.8. The van der Waals surface area contributed by atoms with Gasteiger partial charge in [0.1, 0.15) is 0 Å². The van der Waals surface area contributed by atoms with Crippen molar-refractivity contribution in [2.45, 2.75) is 33.9 Å². The SMILES string of the molecule is CCOc1ccc(C(=O)NCc2c(C)nn(Cc3ccccc3)c2C)cc1OC. The van der Waals surface area contributed by atoms with E-state index in [1.807, 2.05) is 43.7 Å². The van der Waals surface area contributed by atoms with E-state index in [1.54, 1.807) is 25.3 Å². The summed E-state index contributed by atoms with van der Waals surface area (Å²) in [6.07, 6.45) is 0. The molecular weight excluding hydrogens is 366 g/mol. The van der Waals surface area contributed by atoms with Crippen LogP contribution in [0.2, 0.25) is 0 Å². The van der Waals surface area contributed by atoms with E-state index >= 15 is 0 Å². The molecule has 29 heavy (non-hydrogen) atoms. The lowest BCUT2D eigenvalue weighted by molar-refractivity contribution is 0.0950. The predicted octanol–water partition coefficient (Wildman–Crippen LogP) is 3.89. The lowest BCUT2D eigenvalue weighted by Crippen LogP contribution is -2.23. The normalized spacial score (nSPS) is 10.6. The van der Waals surface area contributed by atoms with Gasteiger partial charge in [-0.15, -0.1) is 0 Å². The van der Waals surface area contributed by atoms with Crippen LogP contribution < -0.4 is 14.8 Å². The highest BCUT2D eigenvalue weighted by atomic mass is 16.5. The molecule has 0 saturated heterocycles. The van der Waals surface area contributed by atoms with Crippen molar-refractivity contribution < 1.29 is 14.3 Å². The van der Waals surface area contributed by atoms with Gasteiger partial charge in [0.25, 0.3) is 5.91 Å². The van der Waals surface area contributed by atoms with Crippen molar-refractivity contribution in [1.29, 1.82) is 0 Å². The Labute approximate surface area is 171 Å². The van der Waals surface area contributed by atoms with Gasteiger partial charge in [0.15, 0.2) is 11.5 Å². The second-order valence-corrected chi connectivity index (χ2v) is 6.77. The van der Waals surface area contributed by atoms with Gasteiger partial charge in [0.2, 0.25) is 0 Å². The van der Waals surface area contributed by atoms with Crippen molar-refractivity contribution >= 4 is 5.91 Å². The highest BCUT2D eigenvalue weighted by molar-refractivity contribution is 5.94. The summed E-state index contributed by atoms with van der Waals surface area (Å²) < 4.78 is 12.8. The number of aromatic nitrogens is 2. The molecule has 1 heterocycles. The van der Waals surface area contributed by atoms with Gasteiger partial charge < -0.3 is 14.8 Å². The highest BCUT2D eigenvalue weighted by Gasteiger charge is 2.15. The summed E-state index contributed by atoms with van der Waals surface area (Å²) in [5.74, 6) is 1.00. The van der Waals surface area contributed by atoms with Crippen LogP contribution in [0.15, 0.2) is 48.5 Å². The van der Waals surface area contributed by atoms with Gasteiger partial charge in [-0.05, 0) is 44.5 Å². The molecule has 0 spiro atoms. The molecule has 0 aliphatic rings. The smallest absolute Gasteiger partial charge is 0.251 e. The van der Waals surface area contributed by atoms with E-state index in [0.717, 1.165) is 17.0 Å². The number of hydrogen-bond acceptors (Lipinski definition) is 4. The fourth-order valence-electron chi connectivity index (χ4n) is 3.25. The monoisotopic (exact) mass is 393 g/mol. The summed E-state index contributed by atoms with van der Waals surface area (Å²) >= 11 is 0. The Hall–Kier alpha value is -3.28. The highest BCUT2D eigenvalue weighted by Crippen LogP contribution is 2.28. The molecule has 3 aromatic rings. The second kappa shape index (κ2) is 9.28.